The number of barbiturate groups is 1. The predicted octanol–water partition coefficient (Wildman–Crippen LogP) is 2.91. The molecule has 1 aromatic carbocycles. The number of para-hydroxylation sites is 1. The zero-order chi connectivity index (χ0) is 18.2. The second kappa shape index (κ2) is 6.05. The molecule has 3 rings (SSSR count). The van der Waals surface area contributed by atoms with E-state index >= 15 is 0 Å². The summed E-state index contributed by atoms with van der Waals surface area (Å²) in [6.45, 7) is 6.08. The fraction of sp³-hybridized carbons (Fsp3) is 0.211. The molecule has 2 heterocycles. The number of aromatic nitrogens is 1. The zero-order valence-corrected chi connectivity index (χ0v) is 14.3. The van der Waals surface area contributed by atoms with Gasteiger partial charge in [-0.2, -0.15) is 0 Å². The molecular formula is C19H19N3O3. The Hall–Kier alpha value is -3.15. The number of rotatable bonds is 2. The molecule has 1 fully saturated rings. The number of benzene rings is 1. The molecule has 1 N–H and O–H groups in total. The molecule has 1 aromatic heterocycles. The van der Waals surface area contributed by atoms with Crippen molar-refractivity contribution in [1.82, 2.24) is 9.88 Å². The lowest BCUT2D eigenvalue weighted by Crippen LogP contribution is -2.54. The average Bonchev–Trinajstić information content (AvgIpc) is 3.01. The summed E-state index contributed by atoms with van der Waals surface area (Å²) in [5.41, 5.74) is 0.842. The van der Waals surface area contributed by atoms with E-state index in [9.17, 15) is 14.4 Å². The number of nitrogens with zero attached hydrogens (tertiary/aromatic N) is 2. The molecule has 128 valence electrons. The van der Waals surface area contributed by atoms with Crippen LogP contribution in [0.1, 0.15) is 26.5 Å². The number of urea groups is 1. The Kier molecular flexibility index (Phi) is 4.04. The van der Waals surface area contributed by atoms with Gasteiger partial charge >= 0.3 is 6.03 Å². The molecule has 0 saturated carbocycles. The van der Waals surface area contributed by atoms with Crippen molar-refractivity contribution in [3.05, 3.63) is 59.9 Å². The highest BCUT2D eigenvalue weighted by atomic mass is 16.2. The molecule has 6 heteroatoms. The van der Waals surface area contributed by atoms with Crippen LogP contribution in [0.3, 0.4) is 0 Å². The van der Waals surface area contributed by atoms with Crippen molar-refractivity contribution in [1.29, 1.82) is 0 Å². The molecular weight excluding hydrogens is 318 g/mol. The Morgan fingerprint density at radius 3 is 2.28 bits per heavy atom. The highest BCUT2D eigenvalue weighted by molar-refractivity contribution is 6.39. The normalized spacial score (nSPS) is 17.2. The number of imide groups is 2. The number of amides is 4. The lowest BCUT2D eigenvalue weighted by atomic mass is 10.1. The minimum atomic E-state index is -0.746. The van der Waals surface area contributed by atoms with Gasteiger partial charge in [0.2, 0.25) is 0 Å². The standard InChI is InChI=1S/C19H19N3O3/c1-19(2,3)21-11-7-10-14(21)12-15-16(23)20-18(25)22(17(15)24)13-8-5-4-6-9-13/h4-12H,1-3H3,(H,20,23,25)/b15-12+. The second-order valence-electron chi connectivity index (χ2n) is 6.77. The van der Waals surface area contributed by atoms with E-state index in [0.29, 0.717) is 11.4 Å². The lowest BCUT2D eigenvalue weighted by Gasteiger charge is -2.27. The largest absolute Gasteiger partial charge is 0.343 e. The highest BCUT2D eigenvalue weighted by Crippen LogP contribution is 2.24. The summed E-state index contributed by atoms with van der Waals surface area (Å²) in [5.74, 6) is -1.33. The summed E-state index contributed by atoms with van der Waals surface area (Å²) >= 11 is 0. The van der Waals surface area contributed by atoms with Crippen LogP contribution in [0.2, 0.25) is 0 Å². The van der Waals surface area contributed by atoms with Gasteiger partial charge in [-0.25, -0.2) is 9.69 Å². The molecule has 0 unspecified atom stereocenters. The molecule has 0 aliphatic carbocycles. The number of anilines is 1. The van der Waals surface area contributed by atoms with Gasteiger partial charge in [0.25, 0.3) is 11.8 Å². The first-order valence-corrected chi connectivity index (χ1v) is 7.93. The first kappa shape index (κ1) is 16.7. The summed E-state index contributed by atoms with van der Waals surface area (Å²) in [4.78, 5) is 38.1. The van der Waals surface area contributed by atoms with E-state index in [-0.39, 0.29) is 11.1 Å². The molecule has 0 spiro atoms. The van der Waals surface area contributed by atoms with Gasteiger partial charge in [-0.15, -0.1) is 0 Å². The Morgan fingerprint density at radius 1 is 0.960 bits per heavy atom. The van der Waals surface area contributed by atoms with Crippen LogP contribution in [0.4, 0.5) is 10.5 Å². The van der Waals surface area contributed by atoms with Crippen LogP contribution >= 0.6 is 0 Å². The van der Waals surface area contributed by atoms with E-state index in [1.165, 1.54) is 6.08 Å². The summed E-state index contributed by atoms with van der Waals surface area (Å²) in [6.07, 6.45) is 3.41. The fourth-order valence-corrected chi connectivity index (χ4v) is 2.74. The van der Waals surface area contributed by atoms with Gasteiger partial charge in [0.1, 0.15) is 5.57 Å². The van der Waals surface area contributed by atoms with E-state index < -0.39 is 17.8 Å². The van der Waals surface area contributed by atoms with Crippen molar-refractivity contribution in [2.75, 3.05) is 4.90 Å². The minimum Gasteiger partial charge on any atom is -0.343 e. The molecule has 4 amide bonds. The second-order valence-corrected chi connectivity index (χ2v) is 6.77. The van der Waals surface area contributed by atoms with Gasteiger partial charge in [-0.1, -0.05) is 18.2 Å². The predicted molar refractivity (Wildman–Crippen MR) is 94.9 cm³/mol. The highest BCUT2D eigenvalue weighted by Gasteiger charge is 2.37. The van der Waals surface area contributed by atoms with Crippen LogP contribution in [-0.4, -0.2) is 22.4 Å². The Balaban J connectivity index is 2.04. The number of carbonyl (C=O) groups is 3. The third kappa shape index (κ3) is 3.10. The first-order valence-electron chi connectivity index (χ1n) is 7.93. The summed E-state index contributed by atoms with van der Waals surface area (Å²) in [7, 11) is 0. The number of carbonyl (C=O) groups excluding carboxylic acids is 3. The van der Waals surface area contributed by atoms with E-state index in [4.69, 9.17) is 0 Å². The maximum atomic E-state index is 12.8. The van der Waals surface area contributed by atoms with E-state index in [2.05, 4.69) is 5.32 Å². The maximum absolute atomic E-state index is 12.8. The van der Waals surface area contributed by atoms with Gasteiger partial charge in [-0.3, -0.25) is 14.9 Å². The number of hydrogen-bond acceptors (Lipinski definition) is 3. The molecule has 1 saturated heterocycles. The van der Waals surface area contributed by atoms with Gasteiger partial charge in [0, 0.05) is 17.4 Å². The van der Waals surface area contributed by atoms with Crippen LogP contribution in [-0.2, 0) is 15.1 Å². The molecule has 6 nitrogen and oxygen atoms in total. The Morgan fingerprint density at radius 2 is 1.64 bits per heavy atom. The molecule has 2 aromatic rings. The van der Waals surface area contributed by atoms with Gasteiger partial charge < -0.3 is 4.57 Å². The SMILES string of the molecule is CC(C)(C)n1cccc1/C=C1\C(=O)NC(=O)N(c2ccccc2)C1=O. The first-order chi connectivity index (χ1) is 11.8. The molecule has 0 bridgehead atoms. The van der Waals surface area contributed by atoms with E-state index in [1.807, 2.05) is 43.7 Å². The van der Waals surface area contributed by atoms with Gasteiger partial charge in [-0.05, 0) is 51.1 Å². The smallest absolute Gasteiger partial charge is 0.335 e. The van der Waals surface area contributed by atoms with Gasteiger partial charge in [0.15, 0.2) is 0 Å². The molecule has 0 atom stereocenters. The summed E-state index contributed by atoms with van der Waals surface area (Å²) in [6, 6.07) is 11.4. The van der Waals surface area contributed by atoms with Crippen LogP contribution in [0, 0.1) is 0 Å². The van der Waals surface area contributed by atoms with E-state index in [0.717, 1.165) is 4.90 Å². The minimum absolute atomic E-state index is 0.0762. The average molecular weight is 337 g/mol. The molecule has 1 aliphatic heterocycles. The third-order valence-electron chi connectivity index (χ3n) is 3.91. The van der Waals surface area contributed by atoms with Crippen molar-refractivity contribution in [3.63, 3.8) is 0 Å². The van der Waals surface area contributed by atoms with Crippen LogP contribution in [0.25, 0.3) is 6.08 Å². The fourth-order valence-electron chi connectivity index (χ4n) is 2.74. The van der Waals surface area contributed by atoms with E-state index in [1.54, 1.807) is 30.3 Å². The van der Waals surface area contributed by atoms with Crippen molar-refractivity contribution in [2.24, 2.45) is 0 Å². The zero-order valence-electron chi connectivity index (χ0n) is 14.3. The summed E-state index contributed by atoms with van der Waals surface area (Å²) < 4.78 is 1.96. The number of hydrogen-bond donors (Lipinski definition) is 1. The number of nitrogens with one attached hydrogen (secondary N) is 1. The van der Waals surface area contributed by atoms with Crippen molar-refractivity contribution >= 4 is 29.6 Å². The van der Waals surface area contributed by atoms with Crippen molar-refractivity contribution in [3.8, 4) is 0 Å². The molecule has 25 heavy (non-hydrogen) atoms. The van der Waals surface area contributed by atoms with Gasteiger partial charge in [0.05, 0.1) is 5.69 Å². The lowest BCUT2D eigenvalue weighted by molar-refractivity contribution is -0.122. The topological polar surface area (TPSA) is 71.4 Å². The Bertz CT molecular complexity index is 873. The van der Waals surface area contributed by atoms with Crippen LogP contribution in [0.5, 0.6) is 0 Å². The van der Waals surface area contributed by atoms with Crippen molar-refractivity contribution in [2.45, 2.75) is 26.3 Å². The summed E-state index contributed by atoms with van der Waals surface area (Å²) in [5, 5.41) is 2.23. The Labute approximate surface area is 145 Å². The molecule has 1 aliphatic rings. The van der Waals surface area contributed by atoms with Crippen LogP contribution in [0.15, 0.2) is 54.2 Å². The quantitative estimate of drug-likeness (QED) is 0.676. The third-order valence-corrected chi connectivity index (χ3v) is 3.91. The van der Waals surface area contributed by atoms with Crippen molar-refractivity contribution < 1.29 is 14.4 Å². The van der Waals surface area contributed by atoms with Crippen LogP contribution < -0.4 is 10.2 Å². The maximum Gasteiger partial charge on any atom is 0.335 e. The molecule has 0 radical (unpaired) electrons. The monoisotopic (exact) mass is 337 g/mol.